The van der Waals surface area contributed by atoms with Crippen molar-refractivity contribution in [1.29, 1.82) is 0 Å². The van der Waals surface area contributed by atoms with Gasteiger partial charge in [-0.3, -0.25) is 10.1 Å². The van der Waals surface area contributed by atoms with Gasteiger partial charge in [0.2, 0.25) is 0 Å². The summed E-state index contributed by atoms with van der Waals surface area (Å²) in [5.41, 5.74) is 3.85. The molecule has 0 fully saturated rings. The largest absolute Gasteiger partial charge is 0.449 e. The molecular weight excluding hydrogens is 426 g/mol. The van der Waals surface area contributed by atoms with Crippen molar-refractivity contribution < 1.29 is 19.1 Å². The van der Waals surface area contributed by atoms with E-state index in [1.807, 2.05) is 35.7 Å². The summed E-state index contributed by atoms with van der Waals surface area (Å²) in [5.74, 6) is -1.29. The number of fused-ring (bicyclic) bond motifs is 2. The molecule has 0 aliphatic heterocycles. The van der Waals surface area contributed by atoms with Gasteiger partial charge in [-0.25, -0.2) is 14.6 Å². The highest BCUT2D eigenvalue weighted by Gasteiger charge is 2.28. The first-order valence-electron chi connectivity index (χ1n) is 10.4. The van der Waals surface area contributed by atoms with Crippen LogP contribution in [0.4, 0.5) is 4.79 Å². The molecule has 0 bridgehead atoms. The van der Waals surface area contributed by atoms with Gasteiger partial charge in [0, 0.05) is 17.3 Å². The average Bonchev–Trinajstić information content (AvgIpc) is 3.30. The van der Waals surface area contributed by atoms with Crippen LogP contribution < -0.4 is 10.6 Å². The summed E-state index contributed by atoms with van der Waals surface area (Å²) in [4.78, 5) is 42.9. The molecule has 4 rings (SSSR count). The Kier molecular flexibility index (Phi) is 6.32. The van der Waals surface area contributed by atoms with Crippen molar-refractivity contribution in [2.24, 2.45) is 0 Å². The molecule has 2 N–H and O–H groups in total. The third kappa shape index (κ3) is 4.40. The fourth-order valence-electron chi connectivity index (χ4n) is 3.80. The summed E-state index contributed by atoms with van der Waals surface area (Å²) in [5, 5.41) is 7.14. The van der Waals surface area contributed by atoms with Crippen LogP contribution >= 0.6 is 11.3 Å². The maximum atomic E-state index is 13.3. The first kappa shape index (κ1) is 21.7. The number of carbonyl (C=O) groups excluding carboxylic acids is 3. The van der Waals surface area contributed by atoms with Gasteiger partial charge in [0.15, 0.2) is 6.10 Å². The second kappa shape index (κ2) is 9.32. The number of benzene rings is 1. The van der Waals surface area contributed by atoms with E-state index >= 15 is 0 Å². The van der Waals surface area contributed by atoms with Crippen LogP contribution in [0.15, 0.2) is 41.8 Å². The number of hydrogen-bond donors (Lipinski definition) is 2. The van der Waals surface area contributed by atoms with Crippen molar-refractivity contribution in [2.75, 3.05) is 7.05 Å². The van der Waals surface area contributed by atoms with Crippen molar-refractivity contribution in [2.45, 2.75) is 32.3 Å². The SMILES string of the molecule is CNC(=O)NC(=O)C(C)OC(=O)c1c2c(nc3ccccc13)C(=Cc1cccs1)CCC2. The molecule has 8 heteroatoms. The maximum absolute atomic E-state index is 13.3. The number of aromatic nitrogens is 1. The van der Waals surface area contributed by atoms with Gasteiger partial charge in [-0.05, 0) is 60.9 Å². The summed E-state index contributed by atoms with van der Waals surface area (Å²) >= 11 is 1.65. The lowest BCUT2D eigenvalue weighted by molar-refractivity contribution is -0.127. The van der Waals surface area contributed by atoms with Crippen LogP contribution in [0.3, 0.4) is 0 Å². The number of nitrogens with one attached hydrogen (secondary N) is 2. The van der Waals surface area contributed by atoms with Gasteiger partial charge < -0.3 is 10.1 Å². The van der Waals surface area contributed by atoms with Crippen LogP contribution in [0.1, 0.15) is 46.3 Å². The van der Waals surface area contributed by atoms with Crippen molar-refractivity contribution in [3.05, 3.63) is 63.5 Å². The molecule has 0 radical (unpaired) electrons. The standard InChI is InChI=1S/C24H23N3O4S/c1-14(22(28)27-24(30)25-2)31-23(29)20-17-9-3-4-11-19(17)26-21-15(7-5-10-18(20)21)13-16-8-6-12-32-16/h3-4,6,8-9,11-14H,5,7,10H2,1-2H3,(H2,25,27,28,30). The molecule has 3 aromatic rings. The Hall–Kier alpha value is -3.52. The fourth-order valence-corrected chi connectivity index (χ4v) is 4.48. The molecule has 32 heavy (non-hydrogen) atoms. The van der Waals surface area contributed by atoms with Crippen molar-refractivity contribution in [3.63, 3.8) is 0 Å². The molecule has 1 aliphatic carbocycles. The van der Waals surface area contributed by atoms with Gasteiger partial charge in [-0.2, -0.15) is 0 Å². The lowest BCUT2D eigenvalue weighted by atomic mass is 9.86. The zero-order chi connectivity index (χ0) is 22.7. The number of allylic oxidation sites excluding steroid dienone is 1. The van der Waals surface area contributed by atoms with Gasteiger partial charge in [-0.1, -0.05) is 24.3 Å². The van der Waals surface area contributed by atoms with Crippen LogP contribution in [0.5, 0.6) is 0 Å². The van der Waals surface area contributed by atoms with Crippen molar-refractivity contribution >= 4 is 51.8 Å². The smallest absolute Gasteiger partial charge is 0.339 e. The zero-order valence-electron chi connectivity index (χ0n) is 17.8. The second-order valence-corrected chi connectivity index (χ2v) is 8.46. The minimum atomic E-state index is -1.13. The van der Waals surface area contributed by atoms with E-state index in [1.54, 1.807) is 11.3 Å². The monoisotopic (exact) mass is 449 g/mol. The maximum Gasteiger partial charge on any atom is 0.339 e. The van der Waals surface area contributed by atoms with E-state index in [4.69, 9.17) is 9.72 Å². The summed E-state index contributed by atoms with van der Waals surface area (Å²) in [6.45, 7) is 1.44. The van der Waals surface area contributed by atoms with Gasteiger partial charge >= 0.3 is 12.0 Å². The Balaban J connectivity index is 1.75. The highest BCUT2D eigenvalue weighted by atomic mass is 32.1. The molecule has 0 spiro atoms. The molecule has 0 saturated heterocycles. The number of imide groups is 1. The van der Waals surface area contributed by atoms with E-state index in [-0.39, 0.29) is 0 Å². The number of amides is 3. The second-order valence-electron chi connectivity index (χ2n) is 7.49. The van der Waals surface area contributed by atoms with Gasteiger partial charge in [0.05, 0.1) is 16.8 Å². The number of rotatable bonds is 4. The molecule has 3 amide bonds. The average molecular weight is 450 g/mol. The summed E-state index contributed by atoms with van der Waals surface area (Å²) in [7, 11) is 1.40. The Morgan fingerprint density at radius 2 is 1.97 bits per heavy atom. The lowest BCUT2D eigenvalue weighted by Crippen LogP contribution is -2.43. The summed E-state index contributed by atoms with van der Waals surface area (Å²) in [6, 6.07) is 10.8. The molecule has 0 saturated carbocycles. The van der Waals surface area contributed by atoms with E-state index in [0.29, 0.717) is 22.9 Å². The molecule has 164 valence electrons. The van der Waals surface area contributed by atoms with Gasteiger partial charge in [0.1, 0.15) is 0 Å². The molecule has 1 aromatic carbocycles. The Morgan fingerprint density at radius 3 is 2.72 bits per heavy atom. The molecule has 2 heterocycles. The van der Waals surface area contributed by atoms with Crippen LogP contribution in [-0.2, 0) is 16.0 Å². The summed E-state index contributed by atoms with van der Waals surface area (Å²) < 4.78 is 5.48. The van der Waals surface area contributed by atoms with Gasteiger partial charge in [0.25, 0.3) is 5.91 Å². The minimum Gasteiger partial charge on any atom is -0.449 e. The first-order chi connectivity index (χ1) is 15.5. The van der Waals surface area contributed by atoms with E-state index in [2.05, 4.69) is 22.8 Å². The third-order valence-electron chi connectivity index (χ3n) is 5.35. The number of urea groups is 1. The number of hydrogen-bond acceptors (Lipinski definition) is 6. The quantitative estimate of drug-likeness (QED) is 0.583. The molecular formula is C24H23N3O4S. The Labute approximate surface area is 189 Å². The molecule has 7 nitrogen and oxygen atoms in total. The van der Waals surface area contributed by atoms with Crippen molar-refractivity contribution in [1.82, 2.24) is 15.6 Å². The number of esters is 1. The highest BCUT2D eigenvalue weighted by Crippen LogP contribution is 2.37. The number of para-hydroxylation sites is 1. The zero-order valence-corrected chi connectivity index (χ0v) is 18.6. The molecule has 1 aliphatic rings. The van der Waals surface area contributed by atoms with E-state index < -0.39 is 24.0 Å². The van der Waals surface area contributed by atoms with Crippen LogP contribution in [0.2, 0.25) is 0 Å². The fraction of sp³-hybridized carbons (Fsp3) is 0.250. The number of nitrogens with zero attached hydrogens (tertiary/aromatic N) is 1. The highest BCUT2D eigenvalue weighted by molar-refractivity contribution is 7.10. The van der Waals surface area contributed by atoms with E-state index in [0.717, 1.165) is 34.5 Å². The predicted octanol–water partition coefficient (Wildman–Crippen LogP) is 4.17. The first-order valence-corrected chi connectivity index (χ1v) is 11.3. The Bertz CT molecular complexity index is 1220. The van der Waals surface area contributed by atoms with E-state index in [1.165, 1.54) is 14.0 Å². The summed E-state index contributed by atoms with van der Waals surface area (Å²) in [6.07, 6.45) is 3.44. The minimum absolute atomic E-state index is 0.432. The Morgan fingerprint density at radius 1 is 1.16 bits per heavy atom. The number of pyridine rings is 1. The number of carbonyl (C=O) groups is 3. The van der Waals surface area contributed by atoms with Crippen LogP contribution in [-0.4, -0.2) is 36.0 Å². The topological polar surface area (TPSA) is 97.4 Å². The van der Waals surface area contributed by atoms with E-state index in [9.17, 15) is 14.4 Å². The lowest BCUT2D eigenvalue weighted by Gasteiger charge is -2.23. The van der Waals surface area contributed by atoms with Gasteiger partial charge in [-0.15, -0.1) is 11.3 Å². The third-order valence-corrected chi connectivity index (χ3v) is 6.17. The van der Waals surface area contributed by atoms with Crippen LogP contribution in [0.25, 0.3) is 22.6 Å². The predicted molar refractivity (Wildman–Crippen MR) is 124 cm³/mol. The number of thiophene rings is 1. The van der Waals surface area contributed by atoms with Crippen LogP contribution in [0, 0.1) is 0 Å². The molecule has 2 aromatic heterocycles. The normalized spacial score (nSPS) is 15.1. The number of ether oxygens (including phenoxy) is 1. The molecule has 1 unspecified atom stereocenters. The van der Waals surface area contributed by atoms with Crippen molar-refractivity contribution in [3.8, 4) is 0 Å². The molecule has 1 atom stereocenters.